The summed E-state index contributed by atoms with van der Waals surface area (Å²) >= 11 is 5.75. The van der Waals surface area contributed by atoms with Crippen molar-refractivity contribution in [2.75, 3.05) is 6.26 Å². The van der Waals surface area contributed by atoms with Crippen LogP contribution in [0.4, 0.5) is 0 Å². The maximum Gasteiger partial charge on any atom is 0.137 e. The molecule has 1 aromatic carbocycles. The van der Waals surface area contributed by atoms with Gasteiger partial charge in [0.2, 0.25) is 0 Å². The molecule has 0 spiro atoms. The lowest BCUT2D eigenvalue weighted by Gasteiger charge is -1.92. The van der Waals surface area contributed by atoms with Crippen molar-refractivity contribution in [3.05, 3.63) is 41.4 Å². The van der Waals surface area contributed by atoms with Crippen LogP contribution in [0.15, 0.2) is 30.8 Å². The Labute approximate surface area is 84.8 Å². The third kappa shape index (κ3) is 6.37. The van der Waals surface area contributed by atoms with Gasteiger partial charge in [0.25, 0.3) is 0 Å². The van der Waals surface area contributed by atoms with Crippen LogP contribution in [0.2, 0.25) is 5.02 Å². The quantitative estimate of drug-likeness (QED) is 0.734. The van der Waals surface area contributed by atoms with Gasteiger partial charge in [0, 0.05) is 11.3 Å². The van der Waals surface area contributed by atoms with Crippen LogP contribution in [0.3, 0.4) is 0 Å². The summed E-state index contributed by atoms with van der Waals surface area (Å²) in [5, 5.41) is 0.757. The van der Waals surface area contributed by atoms with E-state index >= 15 is 0 Å². The van der Waals surface area contributed by atoms with Gasteiger partial charge in [-0.2, -0.15) is 0 Å². The van der Waals surface area contributed by atoms with Crippen molar-refractivity contribution in [1.29, 1.82) is 0 Å². The Morgan fingerprint density at radius 1 is 1.38 bits per heavy atom. The van der Waals surface area contributed by atoms with Gasteiger partial charge < -0.3 is 0 Å². The Kier molecular flexibility index (Phi) is 6.28. The molecule has 1 aromatic rings. The van der Waals surface area contributed by atoms with E-state index in [1.807, 2.05) is 24.3 Å². The van der Waals surface area contributed by atoms with E-state index in [9.17, 15) is 0 Å². The largest absolute Gasteiger partial charge is 0.232 e. The van der Waals surface area contributed by atoms with Crippen molar-refractivity contribution in [1.82, 2.24) is 0 Å². The molecule has 0 aliphatic carbocycles. The molecule has 0 fully saturated rings. The van der Waals surface area contributed by atoms with Crippen LogP contribution >= 0.6 is 11.6 Å². The predicted octanol–water partition coefficient (Wildman–Crippen LogP) is 2.21. The predicted molar refractivity (Wildman–Crippen MR) is 57.8 cm³/mol. The van der Waals surface area contributed by atoms with E-state index in [1.165, 1.54) is 0 Å². The molecule has 0 heterocycles. The average Bonchev–Trinajstić information content (AvgIpc) is 2.04. The van der Waals surface area contributed by atoms with E-state index < -0.39 is 10.7 Å². The lowest BCUT2D eigenvalue weighted by atomic mass is 10.2. The molecule has 0 aliphatic heterocycles. The number of halogens is 1. The summed E-state index contributed by atoms with van der Waals surface area (Å²) in [6.45, 7) is 3.61. The van der Waals surface area contributed by atoms with Gasteiger partial charge in [-0.25, -0.2) is 8.42 Å². The molecule has 72 valence electrons. The fraction of sp³-hybridized carbons (Fsp3) is 0.111. The van der Waals surface area contributed by atoms with Crippen LogP contribution in [0.1, 0.15) is 5.56 Å². The molecule has 0 amide bonds. The molecule has 2 nitrogen and oxygen atoms in total. The number of benzene rings is 1. The van der Waals surface area contributed by atoms with Crippen LogP contribution in [-0.2, 0) is 10.7 Å². The lowest BCUT2D eigenvalue weighted by molar-refractivity contribution is 0.619. The Morgan fingerprint density at radius 2 is 1.85 bits per heavy atom. The molecule has 0 saturated carbocycles. The van der Waals surface area contributed by atoms with Gasteiger partial charge in [-0.05, 0) is 11.6 Å². The zero-order chi connectivity index (χ0) is 10.3. The summed E-state index contributed by atoms with van der Waals surface area (Å²) < 4.78 is 18.1. The topological polar surface area (TPSA) is 34.1 Å². The number of rotatable bonds is 1. The van der Waals surface area contributed by atoms with Gasteiger partial charge in [-0.1, -0.05) is 42.5 Å². The van der Waals surface area contributed by atoms with E-state index in [1.54, 1.807) is 6.08 Å². The first-order valence-corrected chi connectivity index (χ1v) is 5.53. The molecule has 1 rings (SSSR count). The first-order chi connectivity index (χ1) is 6.07. The summed E-state index contributed by atoms with van der Waals surface area (Å²) in [4.78, 5) is 0. The molecule has 13 heavy (non-hydrogen) atoms. The zero-order valence-electron chi connectivity index (χ0n) is 7.24. The molecule has 0 radical (unpaired) electrons. The van der Waals surface area contributed by atoms with E-state index in [0.717, 1.165) is 16.8 Å². The molecule has 0 bridgehead atoms. The summed E-state index contributed by atoms with van der Waals surface area (Å²) in [5.41, 5.74) is 0.985. The van der Waals surface area contributed by atoms with Gasteiger partial charge in [-0.3, -0.25) is 0 Å². The second-order valence-electron chi connectivity index (χ2n) is 2.17. The van der Waals surface area contributed by atoms with Crippen molar-refractivity contribution in [3.8, 4) is 0 Å². The molecule has 4 heteroatoms. The van der Waals surface area contributed by atoms with Crippen LogP contribution in [0.5, 0.6) is 0 Å². The van der Waals surface area contributed by atoms with Gasteiger partial charge in [0.05, 0.1) is 0 Å². The highest BCUT2D eigenvalue weighted by Gasteiger charge is 1.89. The van der Waals surface area contributed by atoms with Gasteiger partial charge in [-0.15, -0.1) is 0 Å². The second-order valence-corrected chi connectivity index (χ2v) is 3.45. The molecule has 0 N–H and O–H groups in total. The molecular weight excluding hydrogens is 208 g/mol. The van der Waals surface area contributed by atoms with E-state index in [2.05, 4.69) is 6.58 Å². The third-order valence-corrected chi connectivity index (χ3v) is 1.47. The first kappa shape index (κ1) is 12.2. The van der Waals surface area contributed by atoms with Crippen LogP contribution in [0, 0.1) is 0 Å². The Balaban J connectivity index is 0.000000310. The third-order valence-electron chi connectivity index (χ3n) is 1.13. The highest BCUT2D eigenvalue weighted by atomic mass is 35.5. The van der Waals surface area contributed by atoms with E-state index in [4.69, 9.17) is 20.0 Å². The van der Waals surface area contributed by atoms with Gasteiger partial charge in [0.1, 0.15) is 10.7 Å². The molecule has 0 aliphatic rings. The standard InChI is InChI=1S/C8H7Cl.CH4O2S/c1-2-7-5-3-4-6-8(7)9;1-4(2)3/h2-6H,1H2;4H,1H3. The van der Waals surface area contributed by atoms with Crippen molar-refractivity contribution in [3.63, 3.8) is 0 Å². The minimum absolute atomic E-state index is 0.757. The van der Waals surface area contributed by atoms with Crippen LogP contribution in [-0.4, -0.2) is 14.7 Å². The van der Waals surface area contributed by atoms with E-state index in [-0.39, 0.29) is 0 Å². The number of hydrogen-bond acceptors (Lipinski definition) is 2. The Morgan fingerprint density at radius 3 is 2.15 bits per heavy atom. The van der Waals surface area contributed by atoms with Gasteiger partial charge in [0.15, 0.2) is 0 Å². The summed E-state index contributed by atoms with van der Waals surface area (Å²) in [6.07, 6.45) is 2.86. The highest BCUT2D eigenvalue weighted by Crippen LogP contribution is 2.14. The fourth-order valence-electron chi connectivity index (χ4n) is 0.641. The summed E-state index contributed by atoms with van der Waals surface area (Å²) in [7, 11) is -2.12. The van der Waals surface area contributed by atoms with Crippen LogP contribution in [0.25, 0.3) is 6.08 Å². The SMILES string of the molecule is C=Cc1ccccc1Cl.C[SH](=O)=O. The lowest BCUT2D eigenvalue weighted by Crippen LogP contribution is -1.69. The Bertz CT molecular complexity index is 337. The molecular formula is C9H11ClO2S. The second kappa shape index (κ2) is 6.69. The highest BCUT2D eigenvalue weighted by molar-refractivity contribution is 7.71. The van der Waals surface area contributed by atoms with Crippen molar-refractivity contribution < 1.29 is 8.42 Å². The number of hydrogen-bond donors (Lipinski definition) is 1. The zero-order valence-corrected chi connectivity index (χ0v) is 8.89. The molecule has 0 atom stereocenters. The summed E-state index contributed by atoms with van der Waals surface area (Å²) in [6, 6.07) is 7.60. The molecule has 0 saturated heterocycles. The smallest absolute Gasteiger partial charge is 0.137 e. The van der Waals surface area contributed by atoms with Crippen molar-refractivity contribution >= 4 is 28.4 Å². The van der Waals surface area contributed by atoms with Crippen molar-refractivity contribution in [2.45, 2.75) is 0 Å². The number of thiol groups is 1. The maximum atomic E-state index is 9.04. The van der Waals surface area contributed by atoms with Crippen molar-refractivity contribution in [2.24, 2.45) is 0 Å². The average molecular weight is 219 g/mol. The van der Waals surface area contributed by atoms with Gasteiger partial charge >= 0.3 is 0 Å². The van der Waals surface area contributed by atoms with Crippen LogP contribution < -0.4 is 0 Å². The summed E-state index contributed by atoms with van der Waals surface area (Å²) in [5.74, 6) is 0. The minimum Gasteiger partial charge on any atom is -0.232 e. The minimum atomic E-state index is -2.12. The monoisotopic (exact) mass is 218 g/mol. The molecule has 0 aromatic heterocycles. The maximum absolute atomic E-state index is 9.04. The Hall–Kier alpha value is -0.800. The van der Waals surface area contributed by atoms with E-state index in [0.29, 0.717) is 0 Å². The fourth-order valence-corrected chi connectivity index (χ4v) is 0.854. The first-order valence-electron chi connectivity index (χ1n) is 3.53. The normalized spacial score (nSPS) is 8.85. The molecule has 0 unspecified atom stereocenters.